The Bertz CT molecular complexity index is 576. The highest BCUT2D eigenvalue weighted by atomic mass is 35.5. The Morgan fingerprint density at radius 1 is 1.37 bits per heavy atom. The standard InChI is InChI=1S/C12H16ClN5S/c1-4-18-9(11(13)8(3)17-18)6-19-12-15-7(2)5-10(14)16-12/h5H,4,6H2,1-3H3,(H2,14,15,16). The first-order valence-corrected chi connectivity index (χ1v) is 7.33. The van der Waals surface area contributed by atoms with Gasteiger partial charge in [-0.3, -0.25) is 4.68 Å². The molecule has 0 saturated heterocycles. The smallest absolute Gasteiger partial charge is 0.190 e. The zero-order valence-corrected chi connectivity index (χ0v) is 12.7. The van der Waals surface area contributed by atoms with Crippen molar-refractivity contribution in [3.63, 3.8) is 0 Å². The number of hydrogen-bond donors (Lipinski definition) is 1. The second-order valence-corrected chi connectivity index (χ2v) is 5.49. The van der Waals surface area contributed by atoms with Crippen LogP contribution in [-0.2, 0) is 12.3 Å². The molecule has 102 valence electrons. The van der Waals surface area contributed by atoms with Crippen molar-refractivity contribution < 1.29 is 0 Å². The van der Waals surface area contributed by atoms with Crippen molar-refractivity contribution in [3.8, 4) is 0 Å². The predicted molar refractivity (Wildman–Crippen MR) is 78.4 cm³/mol. The minimum absolute atomic E-state index is 0.487. The number of nitrogens with two attached hydrogens (primary N) is 1. The second-order valence-electron chi connectivity index (χ2n) is 4.17. The molecule has 0 aliphatic heterocycles. The highest BCUT2D eigenvalue weighted by molar-refractivity contribution is 7.98. The molecule has 2 N–H and O–H groups in total. The molecule has 0 radical (unpaired) electrons. The SMILES string of the molecule is CCn1nc(C)c(Cl)c1CSc1nc(C)cc(N)n1. The number of aryl methyl sites for hydroxylation is 3. The van der Waals surface area contributed by atoms with Gasteiger partial charge < -0.3 is 5.73 Å². The number of halogens is 1. The Labute approximate surface area is 121 Å². The van der Waals surface area contributed by atoms with Crippen molar-refractivity contribution in [1.29, 1.82) is 0 Å². The van der Waals surface area contributed by atoms with Gasteiger partial charge >= 0.3 is 0 Å². The Morgan fingerprint density at radius 2 is 2.11 bits per heavy atom. The van der Waals surface area contributed by atoms with Crippen LogP contribution in [0.25, 0.3) is 0 Å². The van der Waals surface area contributed by atoms with Crippen molar-refractivity contribution in [2.75, 3.05) is 5.73 Å². The van der Waals surface area contributed by atoms with Crippen molar-refractivity contribution >= 4 is 29.2 Å². The van der Waals surface area contributed by atoms with Crippen molar-refractivity contribution in [2.45, 2.75) is 38.2 Å². The maximum Gasteiger partial charge on any atom is 0.190 e. The number of thioether (sulfide) groups is 1. The summed E-state index contributed by atoms with van der Waals surface area (Å²) in [5.74, 6) is 1.16. The normalized spacial score (nSPS) is 10.9. The van der Waals surface area contributed by atoms with Gasteiger partial charge in [0.15, 0.2) is 5.16 Å². The van der Waals surface area contributed by atoms with E-state index in [2.05, 4.69) is 15.1 Å². The zero-order valence-electron chi connectivity index (χ0n) is 11.1. The van der Waals surface area contributed by atoms with E-state index < -0.39 is 0 Å². The Balaban J connectivity index is 2.18. The molecule has 0 fully saturated rings. The number of anilines is 1. The summed E-state index contributed by atoms with van der Waals surface area (Å²) >= 11 is 7.77. The van der Waals surface area contributed by atoms with Crippen LogP contribution in [0.15, 0.2) is 11.2 Å². The lowest BCUT2D eigenvalue weighted by molar-refractivity contribution is 0.631. The van der Waals surface area contributed by atoms with Crippen LogP contribution in [0.5, 0.6) is 0 Å². The van der Waals surface area contributed by atoms with Gasteiger partial charge in [0.2, 0.25) is 0 Å². The van der Waals surface area contributed by atoms with Crippen LogP contribution in [0.1, 0.15) is 24.0 Å². The first-order valence-electron chi connectivity index (χ1n) is 5.97. The first kappa shape index (κ1) is 14.1. The van der Waals surface area contributed by atoms with Gasteiger partial charge in [0.25, 0.3) is 0 Å². The van der Waals surface area contributed by atoms with Crippen LogP contribution in [0.3, 0.4) is 0 Å². The van der Waals surface area contributed by atoms with Gasteiger partial charge in [0, 0.05) is 24.1 Å². The van der Waals surface area contributed by atoms with E-state index in [1.807, 2.05) is 25.5 Å². The van der Waals surface area contributed by atoms with Gasteiger partial charge in [-0.25, -0.2) is 9.97 Å². The summed E-state index contributed by atoms with van der Waals surface area (Å²) in [6.07, 6.45) is 0. The Hall–Kier alpha value is -1.27. The molecule has 0 bridgehead atoms. The van der Waals surface area contributed by atoms with Gasteiger partial charge in [0.05, 0.1) is 16.4 Å². The maximum atomic E-state index is 6.26. The van der Waals surface area contributed by atoms with Gasteiger partial charge in [0.1, 0.15) is 5.82 Å². The van der Waals surface area contributed by atoms with Crippen LogP contribution in [0.2, 0.25) is 5.02 Å². The molecule has 2 heterocycles. The number of hydrogen-bond acceptors (Lipinski definition) is 5. The fraction of sp³-hybridized carbons (Fsp3) is 0.417. The van der Waals surface area contributed by atoms with E-state index >= 15 is 0 Å². The van der Waals surface area contributed by atoms with E-state index in [0.29, 0.717) is 16.7 Å². The Morgan fingerprint density at radius 3 is 2.74 bits per heavy atom. The summed E-state index contributed by atoms with van der Waals surface area (Å²) < 4.78 is 1.91. The van der Waals surface area contributed by atoms with E-state index in [4.69, 9.17) is 17.3 Å². The van der Waals surface area contributed by atoms with E-state index in [0.717, 1.165) is 28.6 Å². The third-order valence-corrected chi connectivity index (χ3v) is 3.99. The summed E-state index contributed by atoms with van der Waals surface area (Å²) in [4.78, 5) is 8.54. The van der Waals surface area contributed by atoms with Gasteiger partial charge in [-0.05, 0) is 20.8 Å². The first-order chi connectivity index (χ1) is 9.01. The third kappa shape index (κ3) is 3.19. The van der Waals surface area contributed by atoms with E-state index in [9.17, 15) is 0 Å². The molecule has 0 atom stereocenters. The van der Waals surface area contributed by atoms with Crippen LogP contribution in [0, 0.1) is 13.8 Å². The van der Waals surface area contributed by atoms with Gasteiger partial charge in [-0.1, -0.05) is 23.4 Å². The summed E-state index contributed by atoms with van der Waals surface area (Å²) in [5, 5.41) is 5.76. The molecule has 19 heavy (non-hydrogen) atoms. The molecule has 0 spiro atoms. The van der Waals surface area contributed by atoms with Crippen LogP contribution in [-0.4, -0.2) is 19.7 Å². The summed E-state index contributed by atoms with van der Waals surface area (Å²) in [5.41, 5.74) is 8.42. The highest BCUT2D eigenvalue weighted by Crippen LogP contribution is 2.27. The molecular weight excluding hydrogens is 282 g/mol. The fourth-order valence-electron chi connectivity index (χ4n) is 1.77. The summed E-state index contributed by atoms with van der Waals surface area (Å²) in [6, 6.07) is 1.75. The molecule has 0 saturated carbocycles. The molecule has 0 aromatic carbocycles. The van der Waals surface area contributed by atoms with Crippen LogP contribution < -0.4 is 5.73 Å². The minimum Gasteiger partial charge on any atom is -0.384 e. The average molecular weight is 298 g/mol. The monoisotopic (exact) mass is 297 g/mol. The summed E-state index contributed by atoms with van der Waals surface area (Å²) in [6.45, 7) is 6.64. The Kier molecular flexibility index (Phi) is 4.31. The average Bonchev–Trinajstić information content (AvgIpc) is 2.62. The molecule has 5 nitrogen and oxygen atoms in total. The van der Waals surface area contributed by atoms with Crippen LogP contribution >= 0.6 is 23.4 Å². The molecule has 0 unspecified atom stereocenters. The second kappa shape index (κ2) is 5.79. The molecular formula is C12H16ClN5S. The number of rotatable bonds is 4. The zero-order chi connectivity index (χ0) is 14.0. The molecule has 7 heteroatoms. The molecule has 2 aromatic heterocycles. The number of nitrogens with zero attached hydrogens (tertiary/aromatic N) is 4. The maximum absolute atomic E-state index is 6.26. The molecule has 2 aromatic rings. The summed E-state index contributed by atoms with van der Waals surface area (Å²) in [7, 11) is 0. The quantitative estimate of drug-likeness (QED) is 0.694. The predicted octanol–water partition coefficient (Wildman–Crippen LogP) is 2.84. The number of nitrogen functional groups attached to an aromatic ring is 1. The lowest BCUT2D eigenvalue weighted by atomic mass is 10.4. The van der Waals surface area contributed by atoms with Crippen molar-refractivity contribution in [3.05, 3.63) is 28.2 Å². The number of aromatic nitrogens is 4. The molecule has 0 aliphatic rings. The third-order valence-electron chi connectivity index (χ3n) is 2.64. The van der Waals surface area contributed by atoms with E-state index in [1.165, 1.54) is 11.8 Å². The highest BCUT2D eigenvalue weighted by Gasteiger charge is 2.13. The largest absolute Gasteiger partial charge is 0.384 e. The van der Waals surface area contributed by atoms with E-state index in [-0.39, 0.29) is 0 Å². The van der Waals surface area contributed by atoms with Crippen molar-refractivity contribution in [2.24, 2.45) is 0 Å². The molecule has 2 rings (SSSR count). The van der Waals surface area contributed by atoms with Gasteiger partial charge in [-0.2, -0.15) is 5.10 Å². The van der Waals surface area contributed by atoms with Crippen molar-refractivity contribution in [1.82, 2.24) is 19.7 Å². The van der Waals surface area contributed by atoms with Crippen LogP contribution in [0.4, 0.5) is 5.82 Å². The lowest BCUT2D eigenvalue weighted by Crippen LogP contribution is -2.02. The van der Waals surface area contributed by atoms with Gasteiger partial charge in [-0.15, -0.1) is 0 Å². The molecule has 0 aliphatic carbocycles. The molecule has 0 amide bonds. The van der Waals surface area contributed by atoms with E-state index in [1.54, 1.807) is 6.07 Å². The fourth-order valence-corrected chi connectivity index (χ4v) is 2.99. The minimum atomic E-state index is 0.487. The lowest BCUT2D eigenvalue weighted by Gasteiger charge is -2.05. The topological polar surface area (TPSA) is 69.6 Å².